The topological polar surface area (TPSA) is 116 Å². The van der Waals surface area contributed by atoms with Gasteiger partial charge in [0.05, 0.1) is 26.2 Å². The molecule has 6 rings (SSSR count). The van der Waals surface area contributed by atoms with E-state index in [1.807, 2.05) is 19.1 Å². The highest BCUT2D eigenvalue weighted by Crippen LogP contribution is 2.39. The number of ether oxygens (including phenoxy) is 2. The first-order valence-corrected chi connectivity index (χ1v) is 14.6. The van der Waals surface area contributed by atoms with Crippen LogP contribution in [0.4, 0.5) is 5.82 Å². The Hall–Kier alpha value is -2.71. The minimum absolute atomic E-state index is 0.101. The lowest BCUT2D eigenvalue weighted by molar-refractivity contribution is -0.120. The lowest BCUT2D eigenvalue weighted by Gasteiger charge is -2.30. The van der Waals surface area contributed by atoms with Gasteiger partial charge >= 0.3 is 0 Å². The first-order valence-electron chi connectivity index (χ1n) is 11.1. The smallest absolute Gasteiger partial charge is 0.252 e. The number of fused-ring (bicyclic) bond motifs is 2. The highest BCUT2D eigenvalue weighted by atomic mass is 35.5. The van der Waals surface area contributed by atoms with Crippen molar-refractivity contribution in [1.29, 1.82) is 0 Å². The summed E-state index contributed by atoms with van der Waals surface area (Å²) in [5.41, 5.74) is 1.45. The second kappa shape index (κ2) is 8.99. The van der Waals surface area contributed by atoms with E-state index in [-0.39, 0.29) is 23.5 Å². The molecular weight excluding hydrogens is 546 g/mol. The number of nitrogens with zero attached hydrogens (tertiary/aromatic N) is 4. The average Bonchev–Trinajstić information content (AvgIpc) is 3.64. The molecule has 1 unspecified atom stereocenters. The zero-order valence-corrected chi connectivity index (χ0v) is 22.1. The van der Waals surface area contributed by atoms with Crippen LogP contribution in [0.2, 0.25) is 4.34 Å². The number of hydrogen-bond donors (Lipinski definition) is 1. The molecule has 0 spiro atoms. The molecule has 5 heterocycles. The Morgan fingerprint density at radius 2 is 2.00 bits per heavy atom. The SMILES string of the molecule is Cc1cc(NC(=O)C2CCCN(S(=O)(=O)c3ccc(Cl)s3)C2)n(-c2nc3cc4c(cc3s2)OCO4)n1. The molecule has 4 aromatic rings. The number of carbonyl (C=O) groups excluding carboxylic acids is 1. The summed E-state index contributed by atoms with van der Waals surface area (Å²) in [6.07, 6.45) is 1.17. The van der Waals surface area contributed by atoms with Gasteiger partial charge in [0.2, 0.25) is 17.8 Å². The van der Waals surface area contributed by atoms with Gasteiger partial charge in [0.25, 0.3) is 10.0 Å². The van der Waals surface area contributed by atoms with Gasteiger partial charge in [-0.15, -0.1) is 11.3 Å². The van der Waals surface area contributed by atoms with Crippen molar-refractivity contribution in [3.63, 3.8) is 0 Å². The van der Waals surface area contributed by atoms with Gasteiger partial charge < -0.3 is 14.8 Å². The van der Waals surface area contributed by atoms with Crippen LogP contribution in [0.15, 0.2) is 34.5 Å². The van der Waals surface area contributed by atoms with Crippen molar-refractivity contribution in [3.8, 4) is 16.6 Å². The molecule has 0 radical (unpaired) electrons. The second-order valence-electron chi connectivity index (χ2n) is 8.50. The molecule has 188 valence electrons. The summed E-state index contributed by atoms with van der Waals surface area (Å²) in [5, 5.41) is 8.05. The molecule has 3 aromatic heterocycles. The number of halogens is 1. The summed E-state index contributed by atoms with van der Waals surface area (Å²) in [6, 6.07) is 8.53. The van der Waals surface area contributed by atoms with Crippen LogP contribution >= 0.6 is 34.3 Å². The molecule has 1 amide bonds. The molecule has 1 fully saturated rings. The Bertz CT molecular complexity index is 1550. The van der Waals surface area contributed by atoms with Crippen molar-refractivity contribution < 1.29 is 22.7 Å². The number of thiazole rings is 1. The Kier molecular flexibility index (Phi) is 5.91. The number of hydrogen-bond acceptors (Lipinski definition) is 9. The summed E-state index contributed by atoms with van der Waals surface area (Å²) in [7, 11) is -3.71. The molecule has 10 nitrogen and oxygen atoms in total. The number of aryl methyl sites for hydroxylation is 1. The maximum atomic E-state index is 13.2. The maximum Gasteiger partial charge on any atom is 0.252 e. The number of rotatable bonds is 5. The number of sulfonamides is 1. The molecule has 1 N–H and O–H groups in total. The average molecular weight is 566 g/mol. The molecule has 0 bridgehead atoms. The van der Waals surface area contributed by atoms with E-state index in [1.54, 1.807) is 16.8 Å². The van der Waals surface area contributed by atoms with Crippen LogP contribution in [0.1, 0.15) is 18.5 Å². The highest BCUT2D eigenvalue weighted by Gasteiger charge is 2.34. The molecule has 1 atom stereocenters. The fourth-order valence-corrected chi connectivity index (χ4v) is 8.40. The number of carbonyl (C=O) groups is 1. The number of amides is 1. The van der Waals surface area contributed by atoms with Gasteiger partial charge in [-0.25, -0.2) is 13.4 Å². The minimum Gasteiger partial charge on any atom is -0.454 e. The van der Waals surface area contributed by atoms with Crippen molar-refractivity contribution >= 4 is 66.2 Å². The van der Waals surface area contributed by atoms with Crippen LogP contribution in [0, 0.1) is 12.8 Å². The Labute approximate surface area is 219 Å². The fraction of sp³-hybridized carbons (Fsp3) is 0.318. The number of aromatic nitrogens is 3. The van der Waals surface area contributed by atoms with Crippen LogP contribution in [0.3, 0.4) is 0 Å². The largest absolute Gasteiger partial charge is 0.454 e. The minimum atomic E-state index is -3.71. The van der Waals surface area contributed by atoms with Gasteiger partial charge in [-0.1, -0.05) is 22.9 Å². The lowest BCUT2D eigenvalue weighted by Crippen LogP contribution is -2.43. The summed E-state index contributed by atoms with van der Waals surface area (Å²) in [4.78, 5) is 17.9. The van der Waals surface area contributed by atoms with Crippen LogP contribution in [0.5, 0.6) is 11.5 Å². The van der Waals surface area contributed by atoms with Crippen molar-refractivity contribution in [2.75, 3.05) is 25.2 Å². The molecule has 0 saturated carbocycles. The van der Waals surface area contributed by atoms with Gasteiger partial charge in [0, 0.05) is 31.3 Å². The van der Waals surface area contributed by atoms with Gasteiger partial charge in [-0.2, -0.15) is 14.1 Å². The molecule has 2 aliphatic rings. The zero-order chi connectivity index (χ0) is 25.0. The van der Waals surface area contributed by atoms with Crippen LogP contribution < -0.4 is 14.8 Å². The van der Waals surface area contributed by atoms with Gasteiger partial charge in [0.1, 0.15) is 10.0 Å². The molecule has 14 heteroatoms. The number of thiophene rings is 1. The van der Waals surface area contributed by atoms with Gasteiger partial charge in [-0.3, -0.25) is 4.79 Å². The van der Waals surface area contributed by atoms with Crippen LogP contribution in [-0.4, -0.2) is 53.3 Å². The van der Waals surface area contributed by atoms with Gasteiger partial charge in [0.15, 0.2) is 11.5 Å². The van der Waals surface area contributed by atoms with Crippen LogP contribution in [-0.2, 0) is 14.8 Å². The first-order chi connectivity index (χ1) is 17.3. The molecular formula is C22H20ClN5O5S3. The van der Waals surface area contributed by atoms with Crippen molar-refractivity contribution in [2.24, 2.45) is 5.92 Å². The summed E-state index contributed by atoms with van der Waals surface area (Å²) >= 11 is 8.37. The highest BCUT2D eigenvalue weighted by molar-refractivity contribution is 7.91. The molecule has 1 saturated heterocycles. The van der Waals surface area contributed by atoms with E-state index in [0.717, 1.165) is 21.6 Å². The first kappa shape index (κ1) is 23.7. The molecule has 2 aliphatic heterocycles. The van der Waals surface area contributed by atoms with E-state index in [9.17, 15) is 13.2 Å². The van der Waals surface area contributed by atoms with E-state index in [0.29, 0.717) is 51.9 Å². The van der Waals surface area contributed by atoms with Crippen molar-refractivity contribution in [3.05, 3.63) is 40.4 Å². The quantitative estimate of drug-likeness (QED) is 0.384. The predicted octanol–water partition coefficient (Wildman–Crippen LogP) is 4.27. The number of nitrogens with one attached hydrogen (secondary N) is 1. The standard InChI is InChI=1S/C22H20ClN5O5S3/c1-12-7-19(28(26-12)22-24-14-8-15-16(33-11-32-15)9-17(14)34-22)25-21(29)13-3-2-6-27(10-13)36(30,31)20-5-4-18(23)35-20/h4-5,7-9,13H,2-3,6,10-11H2,1H3,(H,25,29). The molecule has 1 aromatic carbocycles. The number of piperidine rings is 1. The lowest BCUT2D eigenvalue weighted by atomic mass is 9.99. The summed E-state index contributed by atoms with van der Waals surface area (Å²) in [6.45, 7) is 2.48. The van der Waals surface area contributed by atoms with E-state index >= 15 is 0 Å². The third kappa shape index (κ3) is 4.24. The molecule has 36 heavy (non-hydrogen) atoms. The monoisotopic (exact) mass is 565 g/mol. The molecule has 0 aliphatic carbocycles. The Balaban J connectivity index is 1.23. The summed E-state index contributed by atoms with van der Waals surface area (Å²) < 4.78 is 41.4. The Morgan fingerprint density at radius 1 is 1.19 bits per heavy atom. The van der Waals surface area contributed by atoms with E-state index in [1.165, 1.54) is 21.7 Å². The Morgan fingerprint density at radius 3 is 2.78 bits per heavy atom. The van der Waals surface area contributed by atoms with Gasteiger partial charge in [-0.05, 0) is 31.9 Å². The normalized spacial score (nSPS) is 18.1. The third-order valence-corrected chi connectivity index (χ3v) is 10.6. The summed E-state index contributed by atoms with van der Waals surface area (Å²) in [5.74, 6) is 1.03. The fourth-order valence-electron chi connectivity index (χ4n) is 4.30. The third-order valence-electron chi connectivity index (χ3n) is 6.03. The number of benzene rings is 1. The maximum absolute atomic E-state index is 13.2. The van der Waals surface area contributed by atoms with Crippen molar-refractivity contribution in [1.82, 2.24) is 19.1 Å². The second-order valence-corrected chi connectivity index (χ2v) is 13.4. The van der Waals surface area contributed by atoms with E-state index in [4.69, 9.17) is 21.1 Å². The van der Waals surface area contributed by atoms with E-state index < -0.39 is 15.9 Å². The van der Waals surface area contributed by atoms with Crippen molar-refractivity contribution in [2.45, 2.75) is 24.0 Å². The number of anilines is 1. The predicted molar refractivity (Wildman–Crippen MR) is 137 cm³/mol. The van der Waals surface area contributed by atoms with Crippen LogP contribution in [0.25, 0.3) is 15.3 Å². The van der Waals surface area contributed by atoms with E-state index in [2.05, 4.69) is 15.4 Å². The zero-order valence-electron chi connectivity index (χ0n) is 18.9.